The molecule has 7 heteroatoms. The highest BCUT2D eigenvalue weighted by Crippen LogP contribution is 2.35. The fourth-order valence-electron chi connectivity index (χ4n) is 1.36. The largest absolute Gasteiger partial charge is 0.462 e. The molecule has 0 amide bonds. The van der Waals surface area contributed by atoms with Gasteiger partial charge in [0.05, 0.1) is 0 Å². The maximum absolute atomic E-state index is 11.4. The average molecular weight is 276 g/mol. The van der Waals surface area contributed by atoms with Crippen molar-refractivity contribution in [1.82, 2.24) is 10.2 Å². The molecule has 88 valence electrons. The third kappa shape index (κ3) is 2.89. The van der Waals surface area contributed by atoms with Crippen molar-refractivity contribution in [2.45, 2.75) is 40.3 Å². The van der Waals surface area contributed by atoms with Crippen LogP contribution in [0, 0.1) is 0 Å². The Bertz CT molecular complexity index is 383. The van der Waals surface area contributed by atoms with Gasteiger partial charge < -0.3 is 4.74 Å². The zero-order valence-corrected chi connectivity index (χ0v) is 11.5. The maximum Gasteiger partial charge on any atom is 0.319 e. The molecule has 0 N–H and O–H groups in total. The average Bonchev–Trinajstić information content (AvgIpc) is 2.76. The molecule has 1 aromatic heterocycles. The van der Waals surface area contributed by atoms with Gasteiger partial charge >= 0.3 is 5.97 Å². The number of carbonyl (C=O) groups is 1. The van der Waals surface area contributed by atoms with E-state index in [1.54, 1.807) is 23.1 Å². The number of rotatable bonds is 4. The molecule has 0 spiro atoms. The van der Waals surface area contributed by atoms with Gasteiger partial charge in [0.15, 0.2) is 8.68 Å². The van der Waals surface area contributed by atoms with Crippen molar-refractivity contribution in [1.29, 1.82) is 0 Å². The molecule has 2 rings (SSSR count). The lowest BCUT2D eigenvalue weighted by atomic mass is 10.3. The normalized spacial score (nSPS) is 24.8. The molecule has 16 heavy (non-hydrogen) atoms. The van der Waals surface area contributed by atoms with E-state index < -0.39 is 0 Å². The predicted octanol–water partition coefficient (Wildman–Crippen LogP) is 2.45. The van der Waals surface area contributed by atoms with Crippen molar-refractivity contribution in [3.63, 3.8) is 0 Å². The highest BCUT2D eigenvalue weighted by atomic mass is 32.2. The van der Waals surface area contributed by atoms with Crippen LogP contribution in [-0.2, 0) is 9.53 Å². The number of hydrogen-bond acceptors (Lipinski definition) is 7. The molecule has 1 aliphatic heterocycles. The van der Waals surface area contributed by atoms with Gasteiger partial charge in [-0.3, -0.25) is 4.79 Å². The summed E-state index contributed by atoms with van der Waals surface area (Å²) in [6, 6.07) is 0. The Morgan fingerprint density at radius 1 is 1.50 bits per heavy atom. The van der Waals surface area contributed by atoms with Crippen LogP contribution >= 0.6 is 34.9 Å². The standard InChI is InChI=1S/C9H12N2O2S3/c1-3-14-8-10-11-9(16-8)15-6-4-5(2)13-7(6)12/h5-6H,3-4H2,1-2H3/t5-,6+/m1/s1. The number of aromatic nitrogens is 2. The summed E-state index contributed by atoms with van der Waals surface area (Å²) < 4.78 is 6.91. The van der Waals surface area contributed by atoms with Gasteiger partial charge in [-0.05, 0) is 12.7 Å². The van der Waals surface area contributed by atoms with Crippen LogP contribution in [0.25, 0.3) is 0 Å². The number of ether oxygens (including phenoxy) is 1. The monoisotopic (exact) mass is 276 g/mol. The van der Waals surface area contributed by atoms with Gasteiger partial charge in [-0.2, -0.15) is 0 Å². The fourth-order valence-corrected chi connectivity index (χ4v) is 4.64. The van der Waals surface area contributed by atoms with E-state index in [1.807, 2.05) is 6.92 Å². The van der Waals surface area contributed by atoms with Crippen molar-refractivity contribution in [2.75, 3.05) is 5.75 Å². The molecule has 1 aliphatic rings. The van der Waals surface area contributed by atoms with E-state index in [-0.39, 0.29) is 17.3 Å². The molecule has 1 saturated heterocycles. The van der Waals surface area contributed by atoms with E-state index in [0.29, 0.717) is 0 Å². The van der Waals surface area contributed by atoms with E-state index in [4.69, 9.17) is 4.74 Å². The number of esters is 1. The van der Waals surface area contributed by atoms with Crippen LogP contribution in [0.1, 0.15) is 20.3 Å². The third-order valence-corrected chi connectivity index (χ3v) is 5.25. The summed E-state index contributed by atoms with van der Waals surface area (Å²) in [5.41, 5.74) is 0. The Morgan fingerprint density at radius 3 is 2.88 bits per heavy atom. The van der Waals surface area contributed by atoms with E-state index in [9.17, 15) is 4.79 Å². The van der Waals surface area contributed by atoms with Gasteiger partial charge in [-0.25, -0.2) is 0 Å². The van der Waals surface area contributed by atoms with Gasteiger partial charge in [0.2, 0.25) is 0 Å². The van der Waals surface area contributed by atoms with Gasteiger partial charge in [-0.1, -0.05) is 41.8 Å². The Labute approximate surface area is 107 Å². The van der Waals surface area contributed by atoms with Crippen molar-refractivity contribution in [2.24, 2.45) is 0 Å². The molecule has 0 bridgehead atoms. The van der Waals surface area contributed by atoms with Gasteiger partial charge in [0, 0.05) is 6.42 Å². The summed E-state index contributed by atoms with van der Waals surface area (Å²) in [4.78, 5) is 11.4. The highest BCUT2D eigenvalue weighted by Gasteiger charge is 2.33. The first-order valence-electron chi connectivity index (χ1n) is 5.02. The van der Waals surface area contributed by atoms with Gasteiger partial charge in [0.25, 0.3) is 0 Å². The summed E-state index contributed by atoms with van der Waals surface area (Å²) in [6.45, 7) is 3.99. The van der Waals surface area contributed by atoms with Crippen LogP contribution in [0.3, 0.4) is 0 Å². The second-order valence-electron chi connectivity index (χ2n) is 3.36. The van der Waals surface area contributed by atoms with Crippen LogP contribution in [0.5, 0.6) is 0 Å². The lowest BCUT2D eigenvalue weighted by Crippen LogP contribution is -2.08. The quantitative estimate of drug-likeness (QED) is 0.622. The summed E-state index contributed by atoms with van der Waals surface area (Å²) >= 11 is 4.68. The number of nitrogens with zero attached hydrogens (tertiary/aromatic N) is 2. The smallest absolute Gasteiger partial charge is 0.319 e. The fraction of sp³-hybridized carbons (Fsp3) is 0.667. The molecule has 4 nitrogen and oxygen atoms in total. The molecule has 0 saturated carbocycles. The van der Waals surface area contributed by atoms with Crippen LogP contribution in [0.15, 0.2) is 8.68 Å². The molecular weight excluding hydrogens is 264 g/mol. The van der Waals surface area contributed by atoms with Crippen LogP contribution < -0.4 is 0 Å². The maximum atomic E-state index is 11.4. The highest BCUT2D eigenvalue weighted by molar-refractivity contribution is 8.03. The summed E-state index contributed by atoms with van der Waals surface area (Å²) in [7, 11) is 0. The minimum absolute atomic E-state index is 0.0300. The van der Waals surface area contributed by atoms with E-state index in [0.717, 1.165) is 20.9 Å². The van der Waals surface area contributed by atoms with Gasteiger partial charge in [0.1, 0.15) is 11.4 Å². The lowest BCUT2D eigenvalue weighted by Gasteiger charge is -1.99. The molecule has 0 radical (unpaired) electrons. The molecule has 1 fully saturated rings. The van der Waals surface area contributed by atoms with Crippen LogP contribution in [0.4, 0.5) is 0 Å². The Hall–Kier alpha value is -0.270. The zero-order valence-electron chi connectivity index (χ0n) is 9.00. The molecular formula is C9H12N2O2S3. The van der Waals surface area contributed by atoms with E-state index in [2.05, 4.69) is 17.1 Å². The van der Waals surface area contributed by atoms with E-state index >= 15 is 0 Å². The van der Waals surface area contributed by atoms with Crippen molar-refractivity contribution in [3.05, 3.63) is 0 Å². The van der Waals surface area contributed by atoms with Crippen LogP contribution in [0.2, 0.25) is 0 Å². The first-order valence-corrected chi connectivity index (χ1v) is 7.70. The van der Waals surface area contributed by atoms with E-state index in [1.165, 1.54) is 11.8 Å². The predicted molar refractivity (Wildman–Crippen MR) is 66.1 cm³/mol. The zero-order chi connectivity index (χ0) is 11.5. The minimum Gasteiger partial charge on any atom is -0.462 e. The molecule has 2 heterocycles. The van der Waals surface area contributed by atoms with Crippen LogP contribution in [-0.4, -0.2) is 33.3 Å². The number of cyclic esters (lactones) is 1. The Balaban J connectivity index is 1.95. The Morgan fingerprint density at radius 2 is 2.25 bits per heavy atom. The first-order chi connectivity index (χ1) is 7.69. The van der Waals surface area contributed by atoms with Gasteiger partial charge in [-0.15, -0.1) is 10.2 Å². The van der Waals surface area contributed by atoms with Crippen molar-refractivity contribution >= 4 is 40.8 Å². The molecule has 0 unspecified atom stereocenters. The number of carbonyl (C=O) groups excluding carboxylic acids is 1. The summed E-state index contributed by atoms with van der Waals surface area (Å²) in [5.74, 6) is 0.860. The first kappa shape index (κ1) is 12.2. The topological polar surface area (TPSA) is 52.1 Å². The number of thioether (sulfide) groups is 2. The lowest BCUT2D eigenvalue weighted by molar-refractivity contribution is -0.140. The van der Waals surface area contributed by atoms with Crippen molar-refractivity contribution in [3.8, 4) is 0 Å². The Kier molecular flexibility index (Phi) is 4.10. The molecule has 0 aromatic carbocycles. The SMILES string of the molecule is CCSc1nnc(S[C@H]2C[C@@H](C)OC2=O)s1. The molecule has 0 aliphatic carbocycles. The minimum atomic E-state index is -0.127. The number of hydrogen-bond donors (Lipinski definition) is 0. The summed E-state index contributed by atoms with van der Waals surface area (Å²) in [6.07, 6.45) is 0.793. The molecule has 1 aromatic rings. The molecule has 2 atom stereocenters. The second kappa shape index (κ2) is 5.37. The second-order valence-corrected chi connectivity index (χ2v) is 7.30. The summed E-state index contributed by atoms with van der Waals surface area (Å²) in [5, 5.41) is 8.00. The third-order valence-electron chi connectivity index (χ3n) is 2.03. The van der Waals surface area contributed by atoms with Crippen molar-refractivity contribution < 1.29 is 9.53 Å².